The van der Waals surface area contributed by atoms with E-state index >= 15 is 0 Å². The molecular formula is C16H23N3O4. The van der Waals surface area contributed by atoms with Gasteiger partial charge in [0.15, 0.2) is 0 Å². The average molecular weight is 321 g/mol. The second kappa shape index (κ2) is 6.44. The van der Waals surface area contributed by atoms with Crippen LogP contribution in [-0.4, -0.2) is 52.7 Å². The third-order valence-electron chi connectivity index (χ3n) is 3.96. The second-order valence-electron chi connectivity index (χ2n) is 6.69. The van der Waals surface area contributed by atoms with Crippen molar-refractivity contribution in [1.29, 1.82) is 0 Å². The Labute approximate surface area is 135 Å². The molecule has 2 amide bonds. The summed E-state index contributed by atoms with van der Waals surface area (Å²) in [4.78, 5) is 28.4. The molecule has 1 aliphatic rings. The Bertz CT molecular complexity index is 580. The minimum atomic E-state index is -0.927. The first-order valence-electron chi connectivity index (χ1n) is 7.58. The van der Waals surface area contributed by atoms with Gasteiger partial charge in [0.25, 0.3) is 5.91 Å². The topological polar surface area (TPSA) is 91.8 Å². The highest BCUT2D eigenvalue weighted by molar-refractivity contribution is 5.91. The van der Waals surface area contributed by atoms with E-state index in [1.165, 1.54) is 11.1 Å². The molecule has 2 heterocycles. The number of carbonyl (C=O) groups is 2. The van der Waals surface area contributed by atoms with Gasteiger partial charge in [0.2, 0.25) is 0 Å². The molecule has 1 unspecified atom stereocenters. The Morgan fingerprint density at radius 2 is 2.09 bits per heavy atom. The fourth-order valence-corrected chi connectivity index (χ4v) is 3.01. The van der Waals surface area contributed by atoms with E-state index in [4.69, 9.17) is 4.74 Å². The number of pyridine rings is 1. The van der Waals surface area contributed by atoms with Crippen molar-refractivity contribution in [2.24, 2.45) is 5.41 Å². The van der Waals surface area contributed by atoms with Crippen molar-refractivity contribution in [2.45, 2.75) is 39.3 Å². The van der Waals surface area contributed by atoms with Crippen LogP contribution in [0.1, 0.15) is 37.7 Å². The van der Waals surface area contributed by atoms with Crippen LogP contribution >= 0.6 is 0 Å². The van der Waals surface area contributed by atoms with Gasteiger partial charge in [-0.2, -0.15) is 0 Å². The first-order valence-corrected chi connectivity index (χ1v) is 7.58. The van der Waals surface area contributed by atoms with E-state index in [9.17, 15) is 14.7 Å². The SMILES string of the molecule is CNC(=O)c1ccc(O[C@@H]2CCN(C(=O)O)C2C(C)(C)C)cn1. The number of nitrogens with zero attached hydrogens (tertiary/aromatic N) is 2. The predicted molar refractivity (Wildman–Crippen MR) is 84.6 cm³/mol. The van der Waals surface area contributed by atoms with Gasteiger partial charge in [-0.3, -0.25) is 4.79 Å². The van der Waals surface area contributed by atoms with Crippen molar-refractivity contribution in [3.8, 4) is 5.75 Å². The molecule has 0 bridgehead atoms. The van der Waals surface area contributed by atoms with Crippen LogP contribution in [-0.2, 0) is 0 Å². The van der Waals surface area contributed by atoms with Gasteiger partial charge in [0.05, 0.1) is 12.2 Å². The van der Waals surface area contributed by atoms with Crippen LogP contribution in [0.4, 0.5) is 4.79 Å². The molecule has 0 radical (unpaired) electrons. The summed E-state index contributed by atoms with van der Waals surface area (Å²) in [6.45, 7) is 6.46. The van der Waals surface area contributed by atoms with E-state index in [1.807, 2.05) is 20.8 Å². The minimum absolute atomic E-state index is 0.237. The number of amides is 2. The molecule has 1 saturated heterocycles. The van der Waals surface area contributed by atoms with Gasteiger partial charge in [-0.25, -0.2) is 9.78 Å². The van der Waals surface area contributed by atoms with Crippen LogP contribution < -0.4 is 10.1 Å². The van der Waals surface area contributed by atoms with Gasteiger partial charge in [0, 0.05) is 20.0 Å². The lowest BCUT2D eigenvalue weighted by Gasteiger charge is -2.36. The molecule has 0 aliphatic carbocycles. The number of likely N-dealkylation sites (tertiary alicyclic amines) is 1. The molecule has 1 aliphatic heterocycles. The van der Waals surface area contributed by atoms with Gasteiger partial charge in [0.1, 0.15) is 17.5 Å². The molecule has 23 heavy (non-hydrogen) atoms. The van der Waals surface area contributed by atoms with E-state index in [0.29, 0.717) is 24.4 Å². The molecule has 0 spiro atoms. The zero-order valence-corrected chi connectivity index (χ0v) is 13.9. The molecular weight excluding hydrogens is 298 g/mol. The standard InChI is InChI=1S/C16H23N3O4/c1-16(2,3)13-12(7-8-19(13)15(21)22)23-10-5-6-11(18-9-10)14(20)17-4/h5-6,9,12-13H,7-8H2,1-4H3,(H,17,20)(H,21,22)/t12-,13?/m1/s1. The lowest BCUT2D eigenvalue weighted by atomic mass is 9.84. The van der Waals surface area contributed by atoms with Crippen LogP contribution in [0.3, 0.4) is 0 Å². The van der Waals surface area contributed by atoms with E-state index in [1.54, 1.807) is 19.2 Å². The highest BCUT2D eigenvalue weighted by Gasteiger charge is 2.45. The van der Waals surface area contributed by atoms with Gasteiger partial charge in [-0.1, -0.05) is 20.8 Å². The first kappa shape index (κ1) is 17.1. The first-order chi connectivity index (χ1) is 10.7. The number of carbonyl (C=O) groups excluding carboxylic acids is 1. The monoisotopic (exact) mass is 321 g/mol. The fraction of sp³-hybridized carbons (Fsp3) is 0.562. The summed E-state index contributed by atoms with van der Waals surface area (Å²) in [7, 11) is 1.54. The zero-order chi connectivity index (χ0) is 17.2. The number of ether oxygens (including phenoxy) is 1. The average Bonchev–Trinajstić information content (AvgIpc) is 2.91. The molecule has 0 aromatic carbocycles. The van der Waals surface area contributed by atoms with Crippen LogP contribution in [0, 0.1) is 5.41 Å². The molecule has 0 saturated carbocycles. The quantitative estimate of drug-likeness (QED) is 0.888. The van der Waals surface area contributed by atoms with Gasteiger partial charge in [-0.05, 0) is 17.5 Å². The van der Waals surface area contributed by atoms with E-state index < -0.39 is 6.09 Å². The summed E-state index contributed by atoms with van der Waals surface area (Å²) in [5.74, 6) is 0.270. The van der Waals surface area contributed by atoms with Crippen LogP contribution in [0.25, 0.3) is 0 Å². The number of hydrogen-bond donors (Lipinski definition) is 2. The molecule has 1 fully saturated rings. The number of nitrogens with one attached hydrogen (secondary N) is 1. The zero-order valence-electron chi connectivity index (χ0n) is 13.9. The summed E-state index contributed by atoms with van der Waals surface area (Å²) < 4.78 is 5.96. The fourth-order valence-electron chi connectivity index (χ4n) is 3.01. The molecule has 1 aromatic heterocycles. The Hall–Kier alpha value is -2.31. The molecule has 1 aromatic rings. The predicted octanol–water partition coefficient (Wildman–Crippen LogP) is 1.99. The summed E-state index contributed by atoms with van der Waals surface area (Å²) in [5, 5.41) is 11.9. The minimum Gasteiger partial charge on any atom is -0.487 e. The molecule has 7 heteroatoms. The number of rotatable bonds is 3. The van der Waals surface area contributed by atoms with Crippen molar-refractivity contribution < 1.29 is 19.4 Å². The molecule has 2 atom stereocenters. The Morgan fingerprint density at radius 3 is 2.57 bits per heavy atom. The highest BCUT2D eigenvalue weighted by Crippen LogP contribution is 2.35. The smallest absolute Gasteiger partial charge is 0.407 e. The van der Waals surface area contributed by atoms with Crippen LogP contribution in [0.2, 0.25) is 0 Å². The van der Waals surface area contributed by atoms with Crippen molar-refractivity contribution in [3.05, 3.63) is 24.0 Å². The van der Waals surface area contributed by atoms with E-state index in [0.717, 1.165) is 0 Å². The van der Waals surface area contributed by atoms with Crippen molar-refractivity contribution in [1.82, 2.24) is 15.2 Å². The maximum Gasteiger partial charge on any atom is 0.407 e. The third-order valence-corrected chi connectivity index (χ3v) is 3.96. The van der Waals surface area contributed by atoms with E-state index in [2.05, 4.69) is 10.3 Å². The lowest BCUT2D eigenvalue weighted by Crippen LogP contribution is -2.48. The van der Waals surface area contributed by atoms with Crippen molar-refractivity contribution in [2.75, 3.05) is 13.6 Å². The van der Waals surface area contributed by atoms with Crippen molar-refractivity contribution in [3.63, 3.8) is 0 Å². The second-order valence-corrected chi connectivity index (χ2v) is 6.69. The molecule has 126 valence electrons. The highest BCUT2D eigenvalue weighted by atomic mass is 16.5. The summed E-state index contributed by atoms with van der Waals surface area (Å²) in [5.41, 5.74) is 0.0699. The number of aromatic nitrogens is 1. The molecule has 2 rings (SSSR count). The van der Waals surface area contributed by atoms with E-state index in [-0.39, 0.29) is 23.5 Å². The number of carboxylic acid groups (broad SMARTS) is 1. The molecule has 7 nitrogen and oxygen atoms in total. The van der Waals surface area contributed by atoms with Crippen LogP contribution in [0.5, 0.6) is 5.75 Å². The summed E-state index contributed by atoms with van der Waals surface area (Å²) in [6, 6.07) is 3.03. The summed E-state index contributed by atoms with van der Waals surface area (Å²) in [6.07, 6.45) is 0.960. The largest absolute Gasteiger partial charge is 0.487 e. The van der Waals surface area contributed by atoms with Gasteiger partial charge < -0.3 is 20.1 Å². The Morgan fingerprint density at radius 1 is 1.39 bits per heavy atom. The normalized spacial score (nSPS) is 21.1. The Balaban J connectivity index is 2.15. The third kappa shape index (κ3) is 3.72. The summed E-state index contributed by atoms with van der Waals surface area (Å²) >= 11 is 0. The number of hydrogen-bond acceptors (Lipinski definition) is 4. The van der Waals surface area contributed by atoms with Crippen LogP contribution in [0.15, 0.2) is 18.3 Å². The van der Waals surface area contributed by atoms with Gasteiger partial charge >= 0.3 is 6.09 Å². The van der Waals surface area contributed by atoms with Gasteiger partial charge in [-0.15, -0.1) is 0 Å². The molecule has 2 N–H and O–H groups in total. The Kier molecular flexibility index (Phi) is 4.77. The van der Waals surface area contributed by atoms with Crippen molar-refractivity contribution >= 4 is 12.0 Å². The maximum atomic E-state index is 11.5. The maximum absolute atomic E-state index is 11.5. The lowest BCUT2D eigenvalue weighted by molar-refractivity contribution is 0.0570.